The van der Waals surface area contributed by atoms with Gasteiger partial charge in [0.25, 0.3) is 5.91 Å². The molecular weight excluding hydrogens is 433 g/mol. The van der Waals surface area contributed by atoms with Crippen molar-refractivity contribution in [2.45, 2.75) is 13.0 Å². The monoisotopic (exact) mass is 457 g/mol. The minimum atomic E-state index is -0.316. The molecule has 0 saturated carbocycles. The topological polar surface area (TPSA) is 71.3 Å². The zero-order valence-electron chi connectivity index (χ0n) is 18.6. The molecule has 2 amide bonds. The van der Waals surface area contributed by atoms with Crippen molar-refractivity contribution in [2.75, 3.05) is 26.2 Å². The Morgan fingerprint density at radius 2 is 1.44 bits per heavy atom. The summed E-state index contributed by atoms with van der Waals surface area (Å²) in [7, 11) is 0. The van der Waals surface area contributed by atoms with Crippen LogP contribution in [0.5, 0.6) is 0 Å². The van der Waals surface area contributed by atoms with E-state index in [1.165, 1.54) is 12.1 Å². The predicted octanol–water partition coefficient (Wildman–Crippen LogP) is 3.15. The van der Waals surface area contributed by atoms with E-state index < -0.39 is 0 Å². The molecule has 1 aromatic heterocycles. The lowest BCUT2D eigenvalue weighted by atomic mass is 10.1. The van der Waals surface area contributed by atoms with Crippen molar-refractivity contribution in [3.8, 4) is 0 Å². The van der Waals surface area contributed by atoms with Gasteiger partial charge in [-0.2, -0.15) is 0 Å². The summed E-state index contributed by atoms with van der Waals surface area (Å²) in [5.41, 5.74) is 4.25. The summed E-state index contributed by atoms with van der Waals surface area (Å²) in [6, 6.07) is 21.3. The number of carbonyl (C=O) groups is 2. The van der Waals surface area contributed by atoms with Crippen molar-refractivity contribution in [3.63, 3.8) is 0 Å². The maximum absolute atomic E-state index is 13.1. The Bertz CT molecular complexity index is 1310. The fourth-order valence-corrected chi connectivity index (χ4v) is 4.19. The summed E-state index contributed by atoms with van der Waals surface area (Å²) >= 11 is 0. The molecule has 0 spiro atoms. The van der Waals surface area contributed by atoms with Gasteiger partial charge in [0.05, 0.1) is 18.5 Å². The van der Waals surface area contributed by atoms with Crippen LogP contribution in [0.1, 0.15) is 21.5 Å². The van der Waals surface area contributed by atoms with Crippen LogP contribution in [-0.2, 0) is 17.8 Å². The number of hydrogen-bond acceptors (Lipinski definition) is 4. The van der Waals surface area contributed by atoms with Crippen LogP contribution in [0.15, 0.2) is 72.8 Å². The first-order valence-electron chi connectivity index (χ1n) is 11.3. The number of para-hydroxylation sites is 1. The number of hydrogen-bond donors (Lipinski definition) is 0. The molecule has 1 aliphatic heterocycles. The van der Waals surface area contributed by atoms with Gasteiger partial charge in [-0.3, -0.25) is 9.59 Å². The van der Waals surface area contributed by atoms with Gasteiger partial charge < -0.3 is 9.80 Å². The van der Waals surface area contributed by atoms with E-state index in [4.69, 9.17) is 0 Å². The maximum atomic E-state index is 13.1. The summed E-state index contributed by atoms with van der Waals surface area (Å²) in [6.45, 7) is 2.53. The Morgan fingerprint density at radius 1 is 0.794 bits per heavy atom. The van der Waals surface area contributed by atoms with Crippen LogP contribution in [0, 0.1) is 5.82 Å². The van der Waals surface area contributed by atoms with E-state index in [0.29, 0.717) is 38.3 Å². The van der Waals surface area contributed by atoms with Gasteiger partial charge >= 0.3 is 0 Å². The lowest BCUT2D eigenvalue weighted by Crippen LogP contribution is -2.51. The first-order valence-corrected chi connectivity index (χ1v) is 11.3. The van der Waals surface area contributed by atoms with Crippen molar-refractivity contribution in [1.82, 2.24) is 24.8 Å². The van der Waals surface area contributed by atoms with Crippen molar-refractivity contribution in [2.24, 2.45) is 0 Å². The average molecular weight is 458 g/mol. The second-order valence-electron chi connectivity index (χ2n) is 8.41. The molecule has 0 N–H and O–H groups in total. The molecule has 1 saturated heterocycles. The van der Waals surface area contributed by atoms with Gasteiger partial charge in [-0.15, -0.1) is 5.10 Å². The molecular formula is C26H24FN5O2. The first kappa shape index (κ1) is 21.8. The molecule has 4 aromatic rings. The number of carbonyl (C=O) groups excluding carboxylic acids is 2. The van der Waals surface area contributed by atoms with Gasteiger partial charge in [-0.25, -0.2) is 9.07 Å². The fraction of sp³-hybridized carbons (Fsp3) is 0.231. The van der Waals surface area contributed by atoms with E-state index in [-0.39, 0.29) is 24.1 Å². The second kappa shape index (κ2) is 9.43. The number of piperazine rings is 1. The van der Waals surface area contributed by atoms with E-state index >= 15 is 0 Å². The molecule has 0 radical (unpaired) electrons. The molecule has 8 heteroatoms. The largest absolute Gasteiger partial charge is 0.339 e. The SMILES string of the molecule is O=C(Cc1ccc(F)cc1)N1CCN(C(=O)c2ccc(Cn3nnc4ccccc43)cc2)CC1. The van der Waals surface area contributed by atoms with Crippen LogP contribution >= 0.6 is 0 Å². The molecule has 0 bridgehead atoms. The number of benzene rings is 3. The Labute approximate surface area is 196 Å². The molecule has 5 rings (SSSR count). The smallest absolute Gasteiger partial charge is 0.253 e. The van der Waals surface area contributed by atoms with Gasteiger partial charge in [-0.05, 0) is 47.5 Å². The fourth-order valence-electron chi connectivity index (χ4n) is 4.19. The number of halogens is 1. The molecule has 3 aromatic carbocycles. The highest BCUT2D eigenvalue weighted by Gasteiger charge is 2.25. The number of rotatable bonds is 5. The molecule has 0 atom stereocenters. The van der Waals surface area contributed by atoms with Crippen LogP contribution in [0.25, 0.3) is 11.0 Å². The maximum Gasteiger partial charge on any atom is 0.253 e. The van der Waals surface area contributed by atoms with E-state index in [1.807, 2.05) is 53.2 Å². The molecule has 2 heterocycles. The minimum Gasteiger partial charge on any atom is -0.339 e. The molecule has 0 unspecified atom stereocenters. The van der Waals surface area contributed by atoms with Crippen LogP contribution in [0.4, 0.5) is 4.39 Å². The summed E-state index contributed by atoms with van der Waals surface area (Å²) in [4.78, 5) is 29.1. The third-order valence-corrected chi connectivity index (χ3v) is 6.14. The lowest BCUT2D eigenvalue weighted by molar-refractivity contribution is -0.131. The van der Waals surface area contributed by atoms with E-state index in [1.54, 1.807) is 21.9 Å². The second-order valence-corrected chi connectivity index (χ2v) is 8.41. The number of fused-ring (bicyclic) bond motifs is 1. The van der Waals surface area contributed by atoms with Crippen molar-refractivity contribution < 1.29 is 14.0 Å². The number of nitrogens with zero attached hydrogens (tertiary/aromatic N) is 5. The van der Waals surface area contributed by atoms with Crippen molar-refractivity contribution >= 4 is 22.8 Å². The van der Waals surface area contributed by atoms with E-state index in [0.717, 1.165) is 22.2 Å². The Kier molecular flexibility index (Phi) is 6.03. The highest BCUT2D eigenvalue weighted by Crippen LogP contribution is 2.15. The Hall–Kier alpha value is -4.07. The quantitative estimate of drug-likeness (QED) is 0.462. The average Bonchev–Trinajstić information content (AvgIpc) is 3.28. The van der Waals surface area contributed by atoms with Gasteiger partial charge in [-0.1, -0.05) is 41.6 Å². The Morgan fingerprint density at radius 3 is 2.18 bits per heavy atom. The normalized spacial score (nSPS) is 13.9. The minimum absolute atomic E-state index is 0.0105. The zero-order valence-corrected chi connectivity index (χ0v) is 18.6. The van der Waals surface area contributed by atoms with Crippen molar-refractivity contribution in [1.29, 1.82) is 0 Å². The summed E-state index contributed by atoms with van der Waals surface area (Å²) < 4.78 is 14.9. The Balaban J connectivity index is 1.16. The lowest BCUT2D eigenvalue weighted by Gasteiger charge is -2.35. The standard InChI is InChI=1S/C26H24FN5O2/c27-22-11-7-19(8-12-22)17-25(33)30-13-15-31(16-14-30)26(34)21-9-5-20(6-10-21)18-32-24-4-2-1-3-23(24)28-29-32/h1-12H,13-18H2. The van der Waals surface area contributed by atoms with E-state index in [9.17, 15) is 14.0 Å². The third-order valence-electron chi connectivity index (χ3n) is 6.14. The molecule has 34 heavy (non-hydrogen) atoms. The highest BCUT2D eigenvalue weighted by molar-refractivity contribution is 5.94. The number of amides is 2. The van der Waals surface area contributed by atoms with Gasteiger partial charge in [0, 0.05) is 31.7 Å². The molecule has 7 nitrogen and oxygen atoms in total. The van der Waals surface area contributed by atoms with Gasteiger partial charge in [0.1, 0.15) is 11.3 Å². The van der Waals surface area contributed by atoms with E-state index in [2.05, 4.69) is 10.3 Å². The first-order chi connectivity index (χ1) is 16.6. The van der Waals surface area contributed by atoms with Crippen LogP contribution < -0.4 is 0 Å². The van der Waals surface area contributed by atoms with Crippen LogP contribution in [-0.4, -0.2) is 62.8 Å². The molecule has 1 fully saturated rings. The van der Waals surface area contributed by atoms with Crippen LogP contribution in [0.2, 0.25) is 0 Å². The van der Waals surface area contributed by atoms with Crippen LogP contribution in [0.3, 0.4) is 0 Å². The van der Waals surface area contributed by atoms with Gasteiger partial charge in [0.15, 0.2) is 0 Å². The van der Waals surface area contributed by atoms with Crippen molar-refractivity contribution in [3.05, 3.63) is 95.3 Å². The molecule has 172 valence electrons. The molecule has 0 aliphatic carbocycles. The zero-order chi connectivity index (χ0) is 23.5. The predicted molar refractivity (Wildman–Crippen MR) is 126 cm³/mol. The highest BCUT2D eigenvalue weighted by atomic mass is 19.1. The third kappa shape index (κ3) is 4.66. The van der Waals surface area contributed by atoms with Gasteiger partial charge in [0.2, 0.25) is 5.91 Å². The summed E-state index contributed by atoms with van der Waals surface area (Å²) in [5, 5.41) is 8.39. The summed E-state index contributed by atoms with van der Waals surface area (Å²) in [5.74, 6) is -0.365. The summed E-state index contributed by atoms with van der Waals surface area (Å²) in [6.07, 6.45) is 0.233. The number of aromatic nitrogens is 3. The molecule has 1 aliphatic rings.